The summed E-state index contributed by atoms with van der Waals surface area (Å²) in [6.07, 6.45) is 0. The summed E-state index contributed by atoms with van der Waals surface area (Å²) in [5.74, 6) is 0. The second-order valence-corrected chi connectivity index (χ2v) is 6.38. The average Bonchev–Trinajstić information content (AvgIpc) is 2.79. The highest BCUT2D eigenvalue weighted by atomic mass is 79.9. The number of thiophene rings is 1. The highest BCUT2D eigenvalue weighted by Gasteiger charge is 2.20. The quantitative estimate of drug-likeness (QED) is 0.825. The average molecular weight is 323 g/mol. The van der Waals surface area contributed by atoms with Gasteiger partial charge in [-0.15, -0.1) is 11.3 Å². The molecule has 0 atom stereocenters. The zero-order valence-corrected chi connectivity index (χ0v) is 12.7. The largest absolute Gasteiger partial charge is 0.371 e. The monoisotopic (exact) mass is 322 g/mol. The van der Waals surface area contributed by atoms with Gasteiger partial charge >= 0.3 is 0 Å². The molecule has 1 aliphatic heterocycles. The van der Waals surface area contributed by atoms with E-state index in [-0.39, 0.29) is 0 Å². The molecule has 0 saturated heterocycles. The lowest BCUT2D eigenvalue weighted by molar-refractivity contribution is 0.739. The maximum Gasteiger partial charge on any atom is 0.0607 e. The number of nitrogens with zero attached hydrogens (tertiary/aromatic N) is 2. The molecule has 1 aromatic carbocycles. The molecule has 3 rings (SSSR count). The topological polar surface area (TPSA) is 6.48 Å². The summed E-state index contributed by atoms with van der Waals surface area (Å²) < 4.78 is 1.23. The number of hydrogen-bond acceptors (Lipinski definition) is 3. The van der Waals surface area contributed by atoms with Gasteiger partial charge in [0.2, 0.25) is 0 Å². The number of likely N-dealkylation sites (N-methyl/N-ethyl adjacent to an activating group) is 1. The molecule has 2 nitrogen and oxygen atoms in total. The fourth-order valence-corrected chi connectivity index (χ4v) is 3.83. The van der Waals surface area contributed by atoms with E-state index in [2.05, 4.69) is 68.5 Å². The van der Waals surface area contributed by atoms with E-state index < -0.39 is 0 Å². The van der Waals surface area contributed by atoms with Crippen molar-refractivity contribution in [3.63, 3.8) is 0 Å². The lowest BCUT2D eigenvalue weighted by Crippen LogP contribution is -2.38. The van der Waals surface area contributed by atoms with Crippen LogP contribution in [0.1, 0.15) is 4.88 Å². The Hall–Kier alpha value is -1.00. The second-order valence-electron chi connectivity index (χ2n) is 4.52. The first kappa shape index (κ1) is 12.1. The molecule has 94 valence electrons. The van der Waals surface area contributed by atoms with Crippen LogP contribution >= 0.6 is 27.3 Å². The molecule has 0 radical (unpaired) electrons. The van der Waals surface area contributed by atoms with Gasteiger partial charge in [0.1, 0.15) is 0 Å². The van der Waals surface area contributed by atoms with Crippen LogP contribution in [-0.4, -0.2) is 20.1 Å². The molecule has 1 aliphatic rings. The Kier molecular flexibility index (Phi) is 3.31. The van der Waals surface area contributed by atoms with Gasteiger partial charge < -0.3 is 9.80 Å². The molecule has 4 heteroatoms. The van der Waals surface area contributed by atoms with E-state index in [9.17, 15) is 0 Å². The Balaban J connectivity index is 1.91. The van der Waals surface area contributed by atoms with Gasteiger partial charge in [-0.1, -0.05) is 12.1 Å². The predicted molar refractivity (Wildman–Crippen MR) is 82.8 cm³/mol. The van der Waals surface area contributed by atoms with Crippen molar-refractivity contribution < 1.29 is 0 Å². The number of hydrogen-bond donors (Lipinski definition) is 0. The van der Waals surface area contributed by atoms with Crippen molar-refractivity contribution in [2.45, 2.75) is 6.54 Å². The van der Waals surface area contributed by atoms with Crippen LogP contribution in [0.25, 0.3) is 0 Å². The molecular weight excluding hydrogens is 308 g/mol. The summed E-state index contributed by atoms with van der Waals surface area (Å²) in [7, 11) is 2.16. The normalized spacial score (nSPS) is 14.8. The van der Waals surface area contributed by atoms with Crippen molar-refractivity contribution in [3.8, 4) is 0 Å². The number of rotatable bonds is 2. The Morgan fingerprint density at radius 1 is 1.17 bits per heavy atom. The minimum atomic E-state index is 0.989. The Morgan fingerprint density at radius 3 is 2.67 bits per heavy atom. The van der Waals surface area contributed by atoms with Crippen molar-refractivity contribution in [3.05, 3.63) is 45.1 Å². The molecule has 0 unspecified atom stereocenters. The van der Waals surface area contributed by atoms with E-state index >= 15 is 0 Å². The lowest BCUT2D eigenvalue weighted by atomic mass is 10.1. The van der Waals surface area contributed by atoms with Crippen LogP contribution in [0.4, 0.5) is 11.4 Å². The van der Waals surface area contributed by atoms with Gasteiger partial charge in [-0.25, -0.2) is 0 Å². The van der Waals surface area contributed by atoms with Crippen LogP contribution in [0.5, 0.6) is 0 Å². The number of benzene rings is 1. The molecular formula is C14H15BrN2S. The van der Waals surface area contributed by atoms with Crippen molar-refractivity contribution in [1.29, 1.82) is 0 Å². The SMILES string of the molecule is CN1CCN(Cc2sccc2Br)c2ccccc21. The number of para-hydroxylation sites is 2. The van der Waals surface area contributed by atoms with E-state index in [0.29, 0.717) is 0 Å². The highest BCUT2D eigenvalue weighted by molar-refractivity contribution is 9.10. The molecule has 0 N–H and O–H groups in total. The van der Waals surface area contributed by atoms with Gasteiger partial charge in [0, 0.05) is 29.5 Å². The lowest BCUT2D eigenvalue weighted by Gasteiger charge is -2.36. The molecule has 0 bridgehead atoms. The maximum atomic E-state index is 3.62. The Bertz CT molecular complexity index is 552. The van der Waals surface area contributed by atoms with E-state index in [4.69, 9.17) is 0 Å². The molecule has 0 spiro atoms. The van der Waals surface area contributed by atoms with Crippen LogP contribution in [0.2, 0.25) is 0 Å². The zero-order valence-electron chi connectivity index (χ0n) is 10.3. The Morgan fingerprint density at radius 2 is 1.94 bits per heavy atom. The molecule has 2 aromatic rings. The highest BCUT2D eigenvalue weighted by Crippen LogP contribution is 2.34. The number of fused-ring (bicyclic) bond motifs is 1. The third kappa shape index (κ3) is 2.15. The summed E-state index contributed by atoms with van der Waals surface area (Å²) in [6.45, 7) is 3.15. The van der Waals surface area contributed by atoms with Gasteiger partial charge in [-0.3, -0.25) is 0 Å². The number of halogens is 1. The predicted octanol–water partition coefficient (Wildman–Crippen LogP) is 3.97. The third-order valence-corrected chi connectivity index (χ3v) is 5.28. The molecule has 1 aromatic heterocycles. The van der Waals surface area contributed by atoms with Crippen LogP contribution in [0.3, 0.4) is 0 Å². The van der Waals surface area contributed by atoms with Gasteiger partial charge in [-0.05, 0) is 39.5 Å². The Labute approximate surface area is 120 Å². The summed E-state index contributed by atoms with van der Waals surface area (Å²) in [5, 5.41) is 2.14. The van der Waals surface area contributed by atoms with Gasteiger partial charge in [0.05, 0.1) is 17.9 Å². The first-order valence-corrected chi connectivity index (χ1v) is 7.70. The van der Waals surface area contributed by atoms with Crippen LogP contribution in [-0.2, 0) is 6.54 Å². The van der Waals surface area contributed by atoms with E-state index in [0.717, 1.165) is 19.6 Å². The fourth-order valence-electron chi connectivity index (χ4n) is 2.34. The molecule has 0 aliphatic carbocycles. The molecule has 0 amide bonds. The molecule has 2 heterocycles. The van der Waals surface area contributed by atoms with Crippen LogP contribution in [0, 0.1) is 0 Å². The molecule has 0 fully saturated rings. The van der Waals surface area contributed by atoms with Gasteiger partial charge in [0.25, 0.3) is 0 Å². The zero-order chi connectivity index (χ0) is 12.5. The molecule has 18 heavy (non-hydrogen) atoms. The van der Waals surface area contributed by atoms with Crippen LogP contribution < -0.4 is 9.80 Å². The second kappa shape index (κ2) is 4.94. The minimum absolute atomic E-state index is 0.989. The fraction of sp³-hybridized carbons (Fsp3) is 0.286. The third-order valence-electron chi connectivity index (χ3n) is 3.36. The van der Waals surface area contributed by atoms with Crippen molar-refractivity contribution in [1.82, 2.24) is 0 Å². The molecule has 0 saturated carbocycles. The van der Waals surface area contributed by atoms with Gasteiger partial charge in [-0.2, -0.15) is 0 Å². The summed E-state index contributed by atoms with van der Waals surface area (Å²) in [6, 6.07) is 10.8. The van der Waals surface area contributed by atoms with Crippen molar-refractivity contribution in [2.75, 3.05) is 29.9 Å². The maximum absolute atomic E-state index is 3.62. The van der Waals surface area contributed by atoms with Gasteiger partial charge in [0.15, 0.2) is 0 Å². The number of anilines is 2. The van der Waals surface area contributed by atoms with E-state index in [1.54, 1.807) is 0 Å². The summed E-state index contributed by atoms with van der Waals surface area (Å²) >= 11 is 5.43. The van der Waals surface area contributed by atoms with Crippen molar-refractivity contribution in [2.24, 2.45) is 0 Å². The smallest absolute Gasteiger partial charge is 0.0607 e. The minimum Gasteiger partial charge on any atom is -0.371 e. The first-order valence-electron chi connectivity index (χ1n) is 6.02. The first-order chi connectivity index (χ1) is 8.75. The van der Waals surface area contributed by atoms with Crippen molar-refractivity contribution >= 4 is 38.6 Å². The standard InChI is InChI=1S/C14H15BrN2S/c1-16-7-8-17(10-14-11(15)6-9-18-14)13-5-3-2-4-12(13)16/h2-6,9H,7-8,10H2,1H3. The summed E-state index contributed by atoms with van der Waals surface area (Å²) in [4.78, 5) is 6.19. The summed E-state index contributed by atoms with van der Waals surface area (Å²) in [5.41, 5.74) is 2.67. The van der Waals surface area contributed by atoms with Crippen LogP contribution in [0.15, 0.2) is 40.2 Å². The van der Waals surface area contributed by atoms with E-state index in [1.165, 1.54) is 20.7 Å². The van der Waals surface area contributed by atoms with E-state index in [1.807, 2.05) is 11.3 Å².